The number of hydrogen-bond acceptors (Lipinski definition) is 5. The van der Waals surface area contributed by atoms with E-state index in [1.54, 1.807) is 42.5 Å². The molecule has 3 atom stereocenters. The molecule has 0 bridgehead atoms. The molecule has 3 aromatic rings. The molecule has 1 N–H and O–H groups in total. The van der Waals surface area contributed by atoms with Gasteiger partial charge in [-0.25, -0.2) is 8.78 Å². The molecule has 1 aromatic heterocycles. The molecule has 2 aromatic carbocycles. The van der Waals surface area contributed by atoms with E-state index in [4.69, 9.17) is 0 Å². The molecule has 2 amide bonds. The van der Waals surface area contributed by atoms with Crippen molar-refractivity contribution in [2.45, 2.75) is 56.0 Å². The highest BCUT2D eigenvalue weighted by Crippen LogP contribution is 2.42. The van der Waals surface area contributed by atoms with Crippen molar-refractivity contribution in [3.63, 3.8) is 0 Å². The molecule has 1 aliphatic heterocycles. The highest BCUT2D eigenvalue weighted by molar-refractivity contribution is 5.89. The van der Waals surface area contributed by atoms with Crippen molar-refractivity contribution in [3.05, 3.63) is 82.8 Å². The number of halogens is 5. The molecule has 2 heterocycles. The number of aromatic nitrogens is 2. The summed E-state index contributed by atoms with van der Waals surface area (Å²) in [6, 6.07) is 11.6. The minimum Gasteiger partial charge on any atom is -0.417 e. The third kappa shape index (κ3) is 5.53. The second kappa shape index (κ2) is 10.1. The third-order valence-corrected chi connectivity index (χ3v) is 6.68. The number of nitrogens with one attached hydrogen (secondary N) is 1. The first-order valence-electron chi connectivity index (χ1n) is 12.1. The molecule has 0 spiro atoms. The van der Waals surface area contributed by atoms with Gasteiger partial charge in [0, 0.05) is 6.42 Å². The summed E-state index contributed by atoms with van der Waals surface area (Å²) >= 11 is 0. The van der Waals surface area contributed by atoms with E-state index in [2.05, 4.69) is 19.9 Å². The molecule has 5 rings (SSSR count). The molecule has 7 nitrogen and oxygen atoms in total. The van der Waals surface area contributed by atoms with Crippen molar-refractivity contribution in [2.75, 3.05) is 6.54 Å². The Bertz CT molecular complexity index is 1330. The second-order valence-corrected chi connectivity index (χ2v) is 9.48. The normalized spacial score (nSPS) is 20.4. The molecular formula is C26H23F5N4O3. The predicted molar refractivity (Wildman–Crippen MR) is 123 cm³/mol. The minimum absolute atomic E-state index is 0.194. The summed E-state index contributed by atoms with van der Waals surface area (Å²) in [5.41, 5.74) is 1.75. The molecule has 0 unspecified atom stereocenters. The van der Waals surface area contributed by atoms with E-state index in [0.717, 1.165) is 17.7 Å². The lowest BCUT2D eigenvalue weighted by Gasteiger charge is -2.27. The topological polar surface area (TPSA) is 88.3 Å². The van der Waals surface area contributed by atoms with E-state index in [0.29, 0.717) is 16.7 Å². The molecule has 38 heavy (non-hydrogen) atoms. The van der Waals surface area contributed by atoms with Crippen molar-refractivity contribution in [3.8, 4) is 0 Å². The van der Waals surface area contributed by atoms with Crippen LogP contribution in [0.4, 0.5) is 22.0 Å². The lowest BCUT2D eigenvalue weighted by atomic mass is 9.96. The molecule has 1 saturated heterocycles. The van der Waals surface area contributed by atoms with Crippen LogP contribution in [0.25, 0.3) is 0 Å². The lowest BCUT2D eigenvalue weighted by molar-refractivity contribution is -0.157. The monoisotopic (exact) mass is 534 g/mol. The number of benzene rings is 2. The first-order valence-corrected chi connectivity index (χ1v) is 12.1. The summed E-state index contributed by atoms with van der Waals surface area (Å²) in [4.78, 5) is 27.1. The second-order valence-electron chi connectivity index (χ2n) is 9.48. The Hall–Kier alpha value is -3.83. The average molecular weight is 534 g/mol. The summed E-state index contributed by atoms with van der Waals surface area (Å²) in [5.74, 6) is -3.90. The summed E-state index contributed by atoms with van der Waals surface area (Å²) in [5, 5.41) is 8.91. The Kier molecular flexibility index (Phi) is 6.89. The van der Waals surface area contributed by atoms with Gasteiger partial charge in [0.05, 0.1) is 12.6 Å². The molecule has 200 valence electrons. The van der Waals surface area contributed by atoms with Gasteiger partial charge >= 0.3 is 12.1 Å². The van der Waals surface area contributed by atoms with Gasteiger partial charge in [-0.1, -0.05) is 42.5 Å². The van der Waals surface area contributed by atoms with E-state index < -0.39 is 61.0 Å². The molecule has 12 heteroatoms. The highest BCUT2D eigenvalue weighted by atomic mass is 19.4. The number of likely N-dealkylation sites (tertiary alicyclic amines) is 1. The quantitative estimate of drug-likeness (QED) is 0.452. The Morgan fingerprint density at radius 1 is 1.08 bits per heavy atom. The Morgan fingerprint density at radius 2 is 1.82 bits per heavy atom. The Morgan fingerprint density at radius 3 is 2.45 bits per heavy atom. The lowest BCUT2D eigenvalue weighted by Crippen LogP contribution is -2.47. The van der Waals surface area contributed by atoms with Crippen molar-refractivity contribution in [1.82, 2.24) is 20.4 Å². The van der Waals surface area contributed by atoms with Gasteiger partial charge in [-0.05, 0) is 41.5 Å². The van der Waals surface area contributed by atoms with Crippen LogP contribution in [0, 0.1) is 5.82 Å². The molecule has 2 fully saturated rings. The van der Waals surface area contributed by atoms with Crippen molar-refractivity contribution < 1.29 is 36.0 Å². The van der Waals surface area contributed by atoms with Gasteiger partial charge in [0.2, 0.25) is 17.7 Å². The minimum atomic E-state index is -4.88. The van der Waals surface area contributed by atoms with Crippen LogP contribution < -0.4 is 5.32 Å². The molecule has 1 saturated carbocycles. The van der Waals surface area contributed by atoms with Crippen LogP contribution >= 0.6 is 0 Å². The van der Waals surface area contributed by atoms with Crippen molar-refractivity contribution >= 4 is 11.8 Å². The van der Waals surface area contributed by atoms with Gasteiger partial charge in [0.1, 0.15) is 24.5 Å². The Balaban J connectivity index is 1.35. The Labute approximate surface area is 214 Å². The predicted octanol–water partition coefficient (Wildman–Crippen LogP) is 4.49. The fourth-order valence-corrected chi connectivity index (χ4v) is 4.67. The number of carbonyl (C=O) groups excluding carboxylic acids is 2. The van der Waals surface area contributed by atoms with Gasteiger partial charge in [-0.15, -0.1) is 10.2 Å². The fourth-order valence-electron chi connectivity index (χ4n) is 4.67. The van der Waals surface area contributed by atoms with Crippen LogP contribution in [-0.4, -0.2) is 45.7 Å². The van der Waals surface area contributed by atoms with Crippen LogP contribution in [-0.2, 0) is 22.2 Å². The van der Waals surface area contributed by atoms with E-state index in [-0.39, 0.29) is 18.2 Å². The van der Waals surface area contributed by atoms with Gasteiger partial charge < -0.3 is 14.6 Å². The SMILES string of the molecule is O=C(N[C@@H](c1ccccc1)c1ccc(C2CC2)c(F)c1)[C@@H]1C[C@@H](F)CN1C(=O)Cc1nnc(C(F)(F)F)o1. The average Bonchev–Trinajstić information content (AvgIpc) is 3.46. The first-order chi connectivity index (χ1) is 18.1. The standard InChI is InChI=1S/C26H23F5N4O3/c27-17-11-20(35(13-17)22(36)12-21-33-34-25(38-21)26(29,30)31)24(37)32-23(15-4-2-1-3-5-15)16-8-9-18(14-6-7-14)19(28)10-16/h1-5,8-10,14,17,20,23H,6-7,11-13H2,(H,32,37)/t17-,20+,23+/m1/s1. The molecule has 0 radical (unpaired) electrons. The maximum Gasteiger partial charge on any atom is 0.470 e. The smallest absolute Gasteiger partial charge is 0.417 e. The van der Waals surface area contributed by atoms with Gasteiger partial charge in [-0.3, -0.25) is 9.59 Å². The van der Waals surface area contributed by atoms with E-state index in [9.17, 15) is 31.5 Å². The third-order valence-electron chi connectivity index (χ3n) is 6.68. The molecular weight excluding hydrogens is 511 g/mol. The maximum absolute atomic E-state index is 14.9. The first kappa shape index (κ1) is 25.8. The number of rotatable bonds is 7. The van der Waals surface area contributed by atoms with Crippen LogP contribution in [0.15, 0.2) is 52.9 Å². The fraction of sp³-hybridized carbons (Fsp3) is 0.385. The van der Waals surface area contributed by atoms with Gasteiger partial charge in [-0.2, -0.15) is 13.2 Å². The van der Waals surface area contributed by atoms with E-state index in [1.807, 2.05) is 0 Å². The largest absolute Gasteiger partial charge is 0.470 e. The van der Waals surface area contributed by atoms with E-state index >= 15 is 0 Å². The van der Waals surface area contributed by atoms with Crippen LogP contribution in [0.1, 0.15) is 59.7 Å². The molecule has 2 aliphatic rings. The zero-order valence-electron chi connectivity index (χ0n) is 19.9. The molecule has 1 aliphatic carbocycles. The van der Waals surface area contributed by atoms with Crippen molar-refractivity contribution in [1.29, 1.82) is 0 Å². The summed E-state index contributed by atoms with van der Waals surface area (Å²) < 4.78 is 71.9. The number of amides is 2. The maximum atomic E-state index is 14.9. The van der Waals surface area contributed by atoms with Crippen LogP contribution in [0.3, 0.4) is 0 Å². The zero-order valence-corrected chi connectivity index (χ0v) is 19.9. The number of hydrogen-bond donors (Lipinski definition) is 1. The number of nitrogens with zero attached hydrogens (tertiary/aromatic N) is 3. The highest BCUT2D eigenvalue weighted by Gasteiger charge is 2.42. The number of carbonyl (C=O) groups is 2. The zero-order chi connectivity index (χ0) is 27.0. The van der Waals surface area contributed by atoms with Crippen LogP contribution in [0.5, 0.6) is 0 Å². The summed E-state index contributed by atoms with van der Waals surface area (Å²) in [7, 11) is 0. The van der Waals surface area contributed by atoms with Gasteiger partial charge in [0.15, 0.2) is 0 Å². The van der Waals surface area contributed by atoms with Crippen LogP contribution in [0.2, 0.25) is 0 Å². The van der Waals surface area contributed by atoms with Crippen molar-refractivity contribution in [2.24, 2.45) is 0 Å². The number of alkyl halides is 4. The van der Waals surface area contributed by atoms with E-state index in [1.165, 1.54) is 6.07 Å². The summed E-state index contributed by atoms with van der Waals surface area (Å²) in [6.45, 7) is -0.419. The summed E-state index contributed by atoms with van der Waals surface area (Å²) in [6.07, 6.45) is -5.58. The van der Waals surface area contributed by atoms with Gasteiger partial charge in [0.25, 0.3) is 0 Å².